The Morgan fingerprint density at radius 2 is 1.85 bits per heavy atom. The van der Waals surface area contributed by atoms with Crippen molar-refractivity contribution in [2.24, 2.45) is 0 Å². The van der Waals surface area contributed by atoms with Gasteiger partial charge in [-0.05, 0) is 29.8 Å². The van der Waals surface area contributed by atoms with Crippen LogP contribution in [0.2, 0.25) is 0 Å². The standard InChI is InChI=1S/C13H11FN2O3S/c14-10-2-1-9(13(15)7-10)8-20(19)12-5-3-11(4-6-12)16(17)18/h1-7H,8,15H2. The highest BCUT2D eigenvalue weighted by atomic mass is 32.2. The zero-order valence-electron chi connectivity index (χ0n) is 10.3. The first-order valence-electron chi connectivity index (χ1n) is 5.64. The number of benzene rings is 2. The molecule has 0 saturated heterocycles. The number of non-ortho nitro benzene ring substituents is 1. The summed E-state index contributed by atoms with van der Waals surface area (Å²) in [5, 5.41) is 10.5. The molecule has 5 nitrogen and oxygen atoms in total. The molecular formula is C13H11FN2O3S. The molecule has 2 rings (SSSR count). The molecule has 2 aromatic rings. The van der Waals surface area contributed by atoms with Crippen LogP contribution in [-0.4, -0.2) is 9.13 Å². The molecular weight excluding hydrogens is 283 g/mol. The van der Waals surface area contributed by atoms with Crippen molar-refractivity contribution in [3.05, 3.63) is 64.0 Å². The molecule has 1 unspecified atom stereocenters. The summed E-state index contributed by atoms with van der Waals surface area (Å²) in [5.41, 5.74) is 6.39. The van der Waals surface area contributed by atoms with E-state index in [4.69, 9.17) is 5.73 Å². The first-order valence-corrected chi connectivity index (χ1v) is 6.96. The molecule has 0 aliphatic carbocycles. The van der Waals surface area contributed by atoms with E-state index in [0.717, 1.165) is 0 Å². The summed E-state index contributed by atoms with van der Waals surface area (Å²) in [6.45, 7) is 0. The summed E-state index contributed by atoms with van der Waals surface area (Å²) in [7, 11) is -1.40. The van der Waals surface area contributed by atoms with Gasteiger partial charge in [0.1, 0.15) is 5.82 Å². The summed E-state index contributed by atoms with van der Waals surface area (Å²) in [4.78, 5) is 10.5. The monoisotopic (exact) mass is 294 g/mol. The smallest absolute Gasteiger partial charge is 0.269 e. The van der Waals surface area contributed by atoms with Crippen LogP contribution in [0.3, 0.4) is 0 Å². The molecule has 0 amide bonds. The Morgan fingerprint density at radius 1 is 1.20 bits per heavy atom. The maximum absolute atomic E-state index is 12.9. The van der Waals surface area contributed by atoms with E-state index in [9.17, 15) is 18.7 Å². The first kappa shape index (κ1) is 14.1. The van der Waals surface area contributed by atoms with Gasteiger partial charge in [0.15, 0.2) is 0 Å². The van der Waals surface area contributed by atoms with E-state index in [0.29, 0.717) is 10.5 Å². The van der Waals surface area contributed by atoms with Crippen molar-refractivity contribution in [3.8, 4) is 0 Å². The second kappa shape index (κ2) is 5.79. The average Bonchev–Trinajstić information content (AvgIpc) is 2.42. The number of hydrogen-bond acceptors (Lipinski definition) is 4. The summed E-state index contributed by atoms with van der Waals surface area (Å²) in [5.74, 6) is -0.323. The Bertz CT molecular complexity index is 674. The lowest BCUT2D eigenvalue weighted by molar-refractivity contribution is -0.384. The third kappa shape index (κ3) is 3.18. The van der Waals surface area contributed by atoms with Crippen LogP contribution in [0.1, 0.15) is 5.56 Å². The predicted molar refractivity (Wildman–Crippen MR) is 74.0 cm³/mol. The zero-order chi connectivity index (χ0) is 14.7. The topological polar surface area (TPSA) is 86.2 Å². The SMILES string of the molecule is Nc1cc(F)ccc1CS(=O)c1ccc([N+](=O)[O-])cc1. The van der Waals surface area contributed by atoms with Crippen LogP contribution in [0.4, 0.5) is 15.8 Å². The fraction of sp³-hybridized carbons (Fsp3) is 0.0769. The minimum absolute atomic E-state index is 0.0629. The number of anilines is 1. The second-order valence-corrected chi connectivity index (χ2v) is 5.54. The van der Waals surface area contributed by atoms with Crippen LogP contribution in [0.15, 0.2) is 47.4 Å². The van der Waals surface area contributed by atoms with Gasteiger partial charge in [0, 0.05) is 22.7 Å². The van der Waals surface area contributed by atoms with Gasteiger partial charge in [-0.1, -0.05) is 6.07 Å². The zero-order valence-corrected chi connectivity index (χ0v) is 11.1. The van der Waals surface area contributed by atoms with Crippen LogP contribution in [0.25, 0.3) is 0 Å². The maximum Gasteiger partial charge on any atom is 0.269 e. The van der Waals surface area contributed by atoms with Gasteiger partial charge < -0.3 is 5.73 Å². The normalized spacial score (nSPS) is 12.1. The molecule has 0 saturated carbocycles. The van der Waals surface area contributed by atoms with Crippen molar-refractivity contribution >= 4 is 22.2 Å². The second-order valence-electron chi connectivity index (χ2n) is 4.08. The summed E-state index contributed by atoms with van der Waals surface area (Å²) in [6, 6.07) is 9.36. The first-order chi connectivity index (χ1) is 9.47. The number of nitro groups is 1. The lowest BCUT2D eigenvalue weighted by Crippen LogP contribution is -2.01. The van der Waals surface area contributed by atoms with E-state index in [1.807, 2.05) is 0 Å². The number of nitrogens with zero attached hydrogens (tertiary/aromatic N) is 1. The lowest BCUT2D eigenvalue weighted by atomic mass is 10.2. The molecule has 0 aliphatic heterocycles. The predicted octanol–water partition coefficient (Wildman–Crippen LogP) is 2.62. The van der Waals surface area contributed by atoms with E-state index in [1.165, 1.54) is 42.5 Å². The molecule has 0 radical (unpaired) electrons. The van der Waals surface area contributed by atoms with E-state index >= 15 is 0 Å². The van der Waals surface area contributed by atoms with Gasteiger partial charge in [0.25, 0.3) is 5.69 Å². The summed E-state index contributed by atoms with van der Waals surface area (Å²) >= 11 is 0. The van der Waals surface area contributed by atoms with Crippen LogP contribution in [0, 0.1) is 15.9 Å². The third-order valence-electron chi connectivity index (χ3n) is 2.70. The van der Waals surface area contributed by atoms with Crippen molar-refractivity contribution in [2.75, 3.05) is 5.73 Å². The summed E-state index contributed by atoms with van der Waals surface area (Å²) in [6.07, 6.45) is 0. The highest BCUT2D eigenvalue weighted by Crippen LogP contribution is 2.20. The molecule has 2 N–H and O–H groups in total. The quantitative estimate of drug-likeness (QED) is 0.533. The van der Waals surface area contributed by atoms with Crippen LogP contribution >= 0.6 is 0 Å². The van der Waals surface area contributed by atoms with Crippen molar-refractivity contribution in [1.29, 1.82) is 0 Å². The number of hydrogen-bond donors (Lipinski definition) is 1. The lowest BCUT2D eigenvalue weighted by Gasteiger charge is -2.06. The van der Waals surface area contributed by atoms with Gasteiger partial charge in [-0.3, -0.25) is 14.3 Å². The molecule has 0 bridgehead atoms. The highest BCUT2D eigenvalue weighted by Gasteiger charge is 2.10. The Hall–Kier alpha value is -2.28. The van der Waals surface area contributed by atoms with Gasteiger partial charge in [-0.2, -0.15) is 0 Å². The van der Waals surface area contributed by atoms with E-state index in [-0.39, 0.29) is 17.1 Å². The molecule has 104 valence electrons. The molecule has 7 heteroatoms. The third-order valence-corrected chi connectivity index (χ3v) is 4.08. The molecule has 0 aliphatic rings. The van der Waals surface area contributed by atoms with E-state index in [1.54, 1.807) is 0 Å². The van der Waals surface area contributed by atoms with Gasteiger partial charge in [-0.15, -0.1) is 0 Å². The molecule has 0 fully saturated rings. The number of nitrogens with two attached hydrogens (primary N) is 1. The molecule has 2 aromatic carbocycles. The van der Waals surface area contributed by atoms with E-state index in [2.05, 4.69) is 0 Å². The largest absolute Gasteiger partial charge is 0.398 e. The molecule has 0 aromatic heterocycles. The minimum Gasteiger partial charge on any atom is -0.398 e. The van der Waals surface area contributed by atoms with Crippen molar-refractivity contribution in [2.45, 2.75) is 10.6 Å². The highest BCUT2D eigenvalue weighted by molar-refractivity contribution is 7.84. The van der Waals surface area contributed by atoms with E-state index < -0.39 is 21.5 Å². The van der Waals surface area contributed by atoms with Crippen molar-refractivity contribution in [1.82, 2.24) is 0 Å². The molecule has 0 heterocycles. The van der Waals surface area contributed by atoms with Crippen LogP contribution in [-0.2, 0) is 16.6 Å². The van der Waals surface area contributed by atoms with Crippen molar-refractivity contribution < 1.29 is 13.5 Å². The van der Waals surface area contributed by atoms with Gasteiger partial charge >= 0.3 is 0 Å². The van der Waals surface area contributed by atoms with Crippen molar-refractivity contribution in [3.63, 3.8) is 0 Å². The number of nitrogen functional groups attached to an aromatic ring is 1. The number of halogens is 1. The van der Waals surface area contributed by atoms with Crippen LogP contribution in [0.5, 0.6) is 0 Å². The molecule has 0 spiro atoms. The number of nitro benzene ring substituents is 1. The minimum atomic E-state index is -1.40. The fourth-order valence-corrected chi connectivity index (χ4v) is 2.79. The number of rotatable bonds is 4. The fourth-order valence-electron chi connectivity index (χ4n) is 1.64. The summed E-state index contributed by atoms with van der Waals surface area (Å²) < 4.78 is 25.0. The Labute approximate surface area is 116 Å². The van der Waals surface area contributed by atoms with Crippen LogP contribution < -0.4 is 5.73 Å². The van der Waals surface area contributed by atoms with Gasteiger partial charge in [-0.25, -0.2) is 4.39 Å². The molecule has 20 heavy (non-hydrogen) atoms. The van der Waals surface area contributed by atoms with Gasteiger partial charge in [0.05, 0.1) is 21.5 Å². The maximum atomic E-state index is 12.9. The average molecular weight is 294 g/mol. The Kier molecular flexibility index (Phi) is 4.09. The molecule has 1 atom stereocenters. The van der Waals surface area contributed by atoms with Gasteiger partial charge in [0.2, 0.25) is 0 Å². The Morgan fingerprint density at radius 3 is 2.40 bits per heavy atom. The Balaban J connectivity index is 2.17.